The first kappa shape index (κ1) is 15.6. The lowest BCUT2D eigenvalue weighted by molar-refractivity contribution is 0.0991. The lowest BCUT2D eigenvalue weighted by Gasteiger charge is -2.20. The van der Waals surface area contributed by atoms with Crippen molar-refractivity contribution in [2.45, 2.75) is 32.6 Å². The third-order valence-electron chi connectivity index (χ3n) is 5.45. The Morgan fingerprint density at radius 3 is 2.58 bits per heavy atom. The van der Waals surface area contributed by atoms with Gasteiger partial charge >= 0.3 is 0 Å². The summed E-state index contributed by atoms with van der Waals surface area (Å²) in [6.45, 7) is 2.71. The number of rotatable bonds is 0. The predicted octanol–water partition coefficient (Wildman–Crippen LogP) is 3.69. The Hall–Kier alpha value is -2.69. The van der Waals surface area contributed by atoms with Crippen LogP contribution in [0, 0.1) is 5.92 Å². The molecule has 2 aromatic carbocycles. The van der Waals surface area contributed by atoms with Crippen LogP contribution in [0.5, 0.6) is 23.0 Å². The van der Waals surface area contributed by atoms with Gasteiger partial charge in [0.05, 0.1) is 0 Å². The molecular weight excluding hydrogens is 332 g/mol. The van der Waals surface area contributed by atoms with Gasteiger partial charge in [0.2, 0.25) is 13.6 Å². The summed E-state index contributed by atoms with van der Waals surface area (Å²) in [5.41, 5.74) is 3.93. The number of hydrogen-bond acceptors (Lipinski definition) is 5. The summed E-state index contributed by atoms with van der Waals surface area (Å²) >= 11 is 0. The fraction of sp³-hybridized carbons (Fsp3) is 0.381. The molecule has 0 saturated carbocycles. The number of ether oxygens (including phenoxy) is 4. The van der Waals surface area contributed by atoms with Crippen LogP contribution in [0.2, 0.25) is 0 Å². The Balaban J connectivity index is 1.60. The molecule has 0 saturated heterocycles. The van der Waals surface area contributed by atoms with E-state index in [0.29, 0.717) is 18.1 Å². The first-order valence-electron chi connectivity index (χ1n) is 9.05. The maximum Gasteiger partial charge on any atom is 0.231 e. The molecule has 5 nitrogen and oxygen atoms in total. The first-order chi connectivity index (χ1) is 12.7. The average molecular weight is 352 g/mol. The topological polar surface area (TPSA) is 54.0 Å². The molecule has 0 radical (unpaired) electrons. The summed E-state index contributed by atoms with van der Waals surface area (Å²) in [5, 5.41) is 0. The predicted molar refractivity (Wildman–Crippen MR) is 94.4 cm³/mol. The summed E-state index contributed by atoms with van der Waals surface area (Å²) in [5.74, 6) is 3.57. The summed E-state index contributed by atoms with van der Waals surface area (Å²) in [7, 11) is 0. The van der Waals surface area contributed by atoms with E-state index in [1.54, 1.807) is 0 Å². The number of carbonyl (C=O) groups excluding carboxylic acids is 1. The van der Waals surface area contributed by atoms with Crippen LogP contribution in [0.25, 0.3) is 0 Å². The zero-order valence-electron chi connectivity index (χ0n) is 14.7. The Kier molecular flexibility index (Phi) is 3.55. The molecule has 1 unspecified atom stereocenters. The molecule has 0 aromatic heterocycles. The number of fused-ring (bicyclic) bond motifs is 5. The fourth-order valence-corrected chi connectivity index (χ4v) is 4.03. The van der Waals surface area contributed by atoms with Gasteiger partial charge in [0.1, 0.15) is 0 Å². The number of carbonyl (C=O) groups is 1. The molecule has 5 rings (SSSR count). The van der Waals surface area contributed by atoms with Crippen molar-refractivity contribution >= 4 is 5.78 Å². The number of benzene rings is 2. The highest BCUT2D eigenvalue weighted by Crippen LogP contribution is 2.41. The van der Waals surface area contributed by atoms with E-state index in [1.165, 1.54) is 0 Å². The molecule has 2 heterocycles. The van der Waals surface area contributed by atoms with E-state index in [-0.39, 0.29) is 19.4 Å². The van der Waals surface area contributed by atoms with Crippen molar-refractivity contribution in [3.8, 4) is 23.0 Å². The SMILES string of the molecule is CC1CCc2cc3c(cc2C(=O)Cc2ccc4c(c2C1)OCO4)OCO3. The molecule has 2 aliphatic heterocycles. The van der Waals surface area contributed by atoms with Crippen molar-refractivity contribution < 1.29 is 23.7 Å². The van der Waals surface area contributed by atoms with Gasteiger partial charge in [-0.3, -0.25) is 4.79 Å². The van der Waals surface area contributed by atoms with Crippen LogP contribution in [-0.2, 0) is 19.3 Å². The van der Waals surface area contributed by atoms with Gasteiger partial charge < -0.3 is 18.9 Å². The number of Topliss-reactive ketones (excluding diaryl/α,β-unsaturated/α-hetero) is 1. The minimum Gasteiger partial charge on any atom is -0.454 e. The quantitative estimate of drug-likeness (QED) is 0.724. The second-order valence-corrected chi connectivity index (χ2v) is 7.25. The van der Waals surface area contributed by atoms with Crippen LogP contribution in [0.4, 0.5) is 0 Å². The fourth-order valence-electron chi connectivity index (χ4n) is 4.03. The van der Waals surface area contributed by atoms with Crippen LogP contribution in [-0.4, -0.2) is 19.4 Å². The average Bonchev–Trinajstić information content (AvgIpc) is 3.28. The van der Waals surface area contributed by atoms with Gasteiger partial charge in [0.25, 0.3) is 0 Å². The lowest BCUT2D eigenvalue weighted by Crippen LogP contribution is -2.14. The second-order valence-electron chi connectivity index (χ2n) is 7.25. The van der Waals surface area contributed by atoms with E-state index in [4.69, 9.17) is 18.9 Å². The highest BCUT2D eigenvalue weighted by atomic mass is 16.7. The molecule has 0 fully saturated rings. The van der Waals surface area contributed by atoms with Crippen molar-refractivity contribution in [2.75, 3.05) is 13.6 Å². The van der Waals surface area contributed by atoms with Crippen molar-refractivity contribution in [3.05, 3.63) is 46.5 Å². The van der Waals surface area contributed by atoms with Gasteiger partial charge in [0.15, 0.2) is 28.8 Å². The van der Waals surface area contributed by atoms with Gasteiger partial charge in [0, 0.05) is 17.5 Å². The number of ketones is 1. The van der Waals surface area contributed by atoms with E-state index in [0.717, 1.165) is 58.8 Å². The molecule has 3 aliphatic rings. The molecule has 0 amide bonds. The van der Waals surface area contributed by atoms with E-state index < -0.39 is 0 Å². The second kappa shape index (κ2) is 5.94. The van der Waals surface area contributed by atoms with Gasteiger partial charge in [-0.1, -0.05) is 13.0 Å². The number of hydrogen-bond donors (Lipinski definition) is 0. The molecule has 0 N–H and O–H groups in total. The van der Waals surface area contributed by atoms with E-state index >= 15 is 0 Å². The van der Waals surface area contributed by atoms with Gasteiger partial charge in [-0.2, -0.15) is 0 Å². The van der Waals surface area contributed by atoms with Crippen LogP contribution < -0.4 is 18.9 Å². The van der Waals surface area contributed by atoms with Crippen LogP contribution >= 0.6 is 0 Å². The molecule has 134 valence electrons. The lowest BCUT2D eigenvalue weighted by atomic mass is 9.85. The van der Waals surface area contributed by atoms with Gasteiger partial charge in [-0.15, -0.1) is 0 Å². The highest BCUT2D eigenvalue weighted by Gasteiger charge is 2.27. The third kappa shape index (κ3) is 2.50. The highest BCUT2D eigenvalue weighted by molar-refractivity contribution is 6.00. The summed E-state index contributed by atoms with van der Waals surface area (Å²) < 4.78 is 22.2. The molecule has 2 aromatic rings. The van der Waals surface area contributed by atoms with Crippen LogP contribution in [0.1, 0.15) is 40.4 Å². The molecule has 0 spiro atoms. The Morgan fingerprint density at radius 2 is 1.69 bits per heavy atom. The third-order valence-corrected chi connectivity index (χ3v) is 5.45. The maximum absolute atomic E-state index is 13.1. The van der Waals surface area contributed by atoms with Crippen molar-refractivity contribution in [3.63, 3.8) is 0 Å². The zero-order chi connectivity index (χ0) is 17.7. The maximum atomic E-state index is 13.1. The molecule has 0 bridgehead atoms. The van der Waals surface area contributed by atoms with Crippen LogP contribution in [0.15, 0.2) is 24.3 Å². The van der Waals surface area contributed by atoms with Crippen LogP contribution in [0.3, 0.4) is 0 Å². The molecule has 5 heteroatoms. The zero-order valence-corrected chi connectivity index (χ0v) is 14.7. The standard InChI is InChI=1S/C21H20O5/c1-12-2-3-14-8-19-20(25-10-24-19)9-15(14)17(22)7-13-4-5-18-21(16(13)6-12)26-11-23-18/h4-5,8-9,12H,2-3,6-7,10-11H2,1H3. The molecule has 1 aliphatic carbocycles. The van der Waals surface area contributed by atoms with E-state index in [2.05, 4.69) is 6.92 Å². The number of aryl methyl sites for hydroxylation is 1. The Morgan fingerprint density at radius 1 is 0.923 bits per heavy atom. The monoisotopic (exact) mass is 352 g/mol. The summed E-state index contributed by atoms with van der Waals surface area (Å²) in [6.07, 6.45) is 3.07. The van der Waals surface area contributed by atoms with E-state index in [1.807, 2.05) is 24.3 Å². The van der Waals surface area contributed by atoms with Crippen molar-refractivity contribution in [2.24, 2.45) is 5.92 Å². The minimum atomic E-state index is 0.105. The molecule has 1 atom stereocenters. The van der Waals surface area contributed by atoms with Crippen molar-refractivity contribution in [1.29, 1.82) is 0 Å². The van der Waals surface area contributed by atoms with E-state index in [9.17, 15) is 4.79 Å². The minimum absolute atomic E-state index is 0.105. The normalized spacial score (nSPS) is 20.5. The largest absolute Gasteiger partial charge is 0.454 e. The molecular formula is C21H20O5. The summed E-state index contributed by atoms with van der Waals surface area (Å²) in [4.78, 5) is 13.1. The Bertz CT molecular complexity index is 902. The summed E-state index contributed by atoms with van der Waals surface area (Å²) in [6, 6.07) is 7.73. The van der Waals surface area contributed by atoms with Gasteiger partial charge in [-0.25, -0.2) is 0 Å². The van der Waals surface area contributed by atoms with Crippen molar-refractivity contribution in [1.82, 2.24) is 0 Å². The smallest absolute Gasteiger partial charge is 0.231 e. The molecule has 26 heavy (non-hydrogen) atoms. The van der Waals surface area contributed by atoms with Gasteiger partial charge in [-0.05, 0) is 54.5 Å². The Labute approximate surface area is 151 Å². The first-order valence-corrected chi connectivity index (χ1v) is 9.05.